The van der Waals surface area contributed by atoms with Gasteiger partial charge in [0.15, 0.2) is 0 Å². The minimum atomic E-state index is 0.483. The largest absolute Gasteiger partial charge is 0.281 e. The zero-order chi connectivity index (χ0) is 8.97. The van der Waals surface area contributed by atoms with E-state index in [-0.39, 0.29) is 0 Å². The molecule has 0 amide bonds. The lowest BCUT2D eigenvalue weighted by atomic mass is 10.3. The molecule has 0 aromatic heterocycles. The average molecular weight is 281 g/mol. The molecule has 1 aliphatic rings. The third-order valence-electron chi connectivity index (χ3n) is 2.04. The van der Waals surface area contributed by atoms with Gasteiger partial charge in [-0.1, -0.05) is 20.3 Å². The smallest absolute Gasteiger partial charge is 0.128 e. The van der Waals surface area contributed by atoms with E-state index >= 15 is 0 Å². The van der Waals surface area contributed by atoms with Crippen LogP contribution in [0.5, 0.6) is 0 Å². The number of hydrogen-bond acceptors (Lipinski definition) is 3. The first kappa shape index (κ1) is 10.1. The van der Waals surface area contributed by atoms with E-state index < -0.39 is 0 Å². The van der Waals surface area contributed by atoms with Gasteiger partial charge in [0.2, 0.25) is 0 Å². The van der Waals surface area contributed by atoms with Crippen LogP contribution >= 0.6 is 22.9 Å². The summed E-state index contributed by atoms with van der Waals surface area (Å²) < 4.78 is 2.15. The van der Waals surface area contributed by atoms with E-state index in [0.717, 1.165) is 13.0 Å². The zero-order valence-corrected chi connectivity index (χ0v) is 9.86. The second kappa shape index (κ2) is 4.89. The van der Waals surface area contributed by atoms with Crippen molar-refractivity contribution in [3.63, 3.8) is 0 Å². The van der Waals surface area contributed by atoms with Crippen LogP contribution in [0.25, 0.3) is 0 Å². The molecule has 0 radical (unpaired) electrons. The van der Waals surface area contributed by atoms with Crippen LogP contribution in [-0.2, 0) is 0 Å². The first-order chi connectivity index (χ1) is 5.79. The molecule has 0 saturated heterocycles. The van der Waals surface area contributed by atoms with Gasteiger partial charge in [-0.2, -0.15) is 5.10 Å². The number of rotatable bonds is 4. The van der Waals surface area contributed by atoms with Gasteiger partial charge in [0.1, 0.15) is 12.5 Å². The number of nitrogens with zero attached hydrogens (tertiary/aromatic N) is 3. The number of halogens is 1. The molecule has 0 N–H and O–H groups in total. The zero-order valence-electron chi connectivity index (χ0n) is 7.70. The maximum absolute atomic E-state index is 4.33. The maximum atomic E-state index is 4.33. The lowest BCUT2D eigenvalue weighted by Crippen LogP contribution is -2.34. The van der Waals surface area contributed by atoms with Gasteiger partial charge in [0.05, 0.1) is 22.9 Å². The van der Waals surface area contributed by atoms with Crippen LogP contribution in [0.1, 0.15) is 33.1 Å². The molecular weight excluding hydrogens is 265 g/mol. The first-order valence-electron chi connectivity index (χ1n) is 4.54. The number of hydrogen-bond donors (Lipinski definition) is 0. The minimum absolute atomic E-state index is 0.483. The van der Waals surface area contributed by atoms with E-state index in [1.54, 1.807) is 0 Å². The van der Waals surface area contributed by atoms with Crippen LogP contribution in [0.3, 0.4) is 0 Å². The molecule has 1 rings (SSSR count). The van der Waals surface area contributed by atoms with Crippen molar-refractivity contribution in [2.75, 3.05) is 6.54 Å². The Kier molecular flexibility index (Phi) is 4.11. The molecule has 0 saturated carbocycles. The fourth-order valence-corrected chi connectivity index (χ4v) is 2.10. The second-order valence-corrected chi connectivity index (χ2v) is 4.09. The normalized spacial score (nSPS) is 22.4. The van der Waals surface area contributed by atoms with E-state index in [1.807, 2.05) is 6.34 Å². The topological polar surface area (TPSA) is 18.8 Å². The number of unbranched alkanes of at least 4 members (excludes halogenated alkanes) is 1. The Labute approximate surface area is 88.3 Å². The third-order valence-corrected chi connectivity index (χ3v) is 2.94. The summed E-state index contributed by atoms with van der Waals surface area (Å²) in [5.41, 5.74) is 0. The van der Waals surface area contributed by atoms with E-state index in [2.05, 4.69) is 49.9 Å². The quantitative estimate of drug-likeness (QED) is 0.582. The summed E-state index contributed by atoms with van der Waals surface area (Å²) in [6.07, 6.45) is 6.00. The molecule has 70 valence electrons. The molecule has 0 fully saturated rings. The molecule has 4 heteroatoms. The van der Waals surface area contributed by atoms with Gasteiger partial charge in [0, 0.05) is 6.54 Å². The summed E-state index contributed by atoms with van der Waals surface area (Å²) in [4.78, 5) is 0. The van der Waals surface area contributed by atoms with Crippen LogP contribution in [0.2, 0.25) is 0 Å². The van der Waals surface area contributed by atoms with Crippen molar-refractivity contribution in [3.05, 3.63) is 0 Å². The van der Waals surface area contributed by atoms with Crippen molar-refractivity contribution in [2.24, 2.45) is 5.10 Å². The van der Waals surface area contributed by atoms with Gasteiger partial charge in [-0.25, -0.2) is 0 Å². The van der Waals surface area contributed by atoms with Gasteiger partial charge < -0.3 is 0 Å². The molecule has 12 heavy (non-hydrogen) atoms. The lowest BCUT2D eigenvalue weighted by Gasteiger charge is -2.25. The number of hydrazone groups is 1. The van der Waals surface area contributed by atoms with E-state index in [9.17, 15) is 0 Å². The maximum Gasteiger partial charge on any atom is 0.128 e. The molecule has 1 atom stereocenters. The van der Waals surface area contributed by atoms with E-state index in [1.165, 1.54) is 12.8 Å². The molecule has 1 unspecified atom stereocenters. The van der Waals surface area contributed by atoms with E-state index in [0.29, 0.717) is 6.17 Å². The van der Waals surface area contributed by atoms with Crippen molar-refractivity contribution in [1.29, 1.82) is 0 Å². The fourth-order valence-electron chi connectivity index (χ4n) is 1.31. The van der Waals surface area contributed by atoms with Crippen molar-refractivity contribution in [2.45, 2.75) is 39.3 Å². The van der Waals surface area contributed by atoms with Gasteiger partial charge in [-0.05, 0) is 12.8 Å². The summed E-state index contributed by atoms with van der Waals surface area (Å²) >= 11 is 2.30. The highest BCUT2D eigenvalue weighted by Crippen LogP contribution is 2.19. The Morgan fingerprint density at radius 1 is 1.50 bits per heavy atom. The highest BCUT2D eigenvalue weighted by atomic mass is 127. The first-order valence-corrected chi connectivity index (χ1v) is 5.51. The summed E-state index contributed by atoms with van der Waals surface area (Å²) in [5, 5.41) is 6.51. The van der Waals surface area contributed by atoms with Gasteiger partial charge in [-0.3, -0.25) is 8.12 Å². The molecule has 0 aromatic rings. The van der Waals surface area contributed by atoms with Crippen LogP contribution in [0, 0.1) is 0 Å². The molecule has 3 nitrogen and oxygen atoms in total. The van der Waals surface area contributed by atoms with Crippen molar-refractivity contribution < 1.29 is 0 Å². The fraction of sp³-hybridized carbons (Fsp3) is 0.875. The Balaban J connectivity index is 2.38. The summed E-state index contributed by atoms with van der Waals surface area (Å²) in [5.74, 6) is 0. The summed E-state index contributed by atoms with van der Waals surface area (Å²) in [6, 6.07) is 0. The average Bonchev–Trinajstić information content (AvgIpc) is 2.43. The SMILES string of the molecule is CCCCN1N=CN(I)C1CC. The molecule has 1 aliphatic heterocycles. The highest BCUT2D eigenvalue weighted by molar-refractivity contribution is 14.1. The summed E-state index contributed by atoms with van der Waals surface area (Å²) in [6.45, 7) is 5.50. The summed E-state index contributed by atoms with van der Waals surface area (Å²) in [7, 11) is 0. The third kappa shape index (κ3) is 2.24. The van der Waals surface area contributed by atoms with Gasteiger partial charge >= 0.3 is 0 Å². The molecule has 1 heterocycles. The van der Waals surface area contributed by atoms with Crippen molar-refractivity contribution >= 4 is 29.2 Å². The van der Waals surface area contributed by atoms with Gasteiger partial charge in [-0.15, -0.1) is 0 Å². The predicted octanol–water partition coefficient (Wildman–Crippen LogP) is 2.43. The molecule has 0 spiro atoms. The van der Waals surface area contributed by atoms with Crippen LogP contribution in [0.4, 0.5) is 0 Å². The van der Waals surface area contributed by atoms with E-state index in [4.69, 9.17) is 0 Å². The van der Waals surface area contributed by atoms with Crippen molar-refractivity contribution in [1.82, 2.24) is 8.12 Å². The lowest BCUT2D eigenvalue weighted by molar-refractivity contribution is 0.179. The Hall–Kier alpha value is 0. The Bertz CT molecular complexity index is 160. The van der Waals surface area contributed by atoms with Gasteiger partial charge in [0.25, 0.3) is 0 Å². The van der Waals surface area contributed by atoms with Crippen LogP contribution in [0.15, 0.2) is 5.10 Å². The highest BCUT2D eigenvalue weighted by Gasteiger charge is 2.23. The second-order valence-electron chi connectivity index (χ2n) is 2.98. The Morgan fingerprint density at radius 2 is 2.25 bits per heavy atom. The molecular formula is C8H16IN3. The molecule has 0 bridgehead atoms. The monoisotopic (exact) mass is 281 g/mol. The minimum Gasteiger partial charge on any atom is -0.281 e. The van der Waals surface area contributed by atoms with Crippen LogP contribution in [-0.4, -0.2) is 27.2 Å². The Morgan fingerprint density at radius 3 is 2.83 bits per heavy atom. The predicted molar refractivity (Wildman–Crippen MR) is 60.0 cm³/mol. The van der Waals surface area contributed by atoms with Crippen LogP contribution < -0.4 is 0 Å². The standard InChI is InChI=1S/C8H16IN3/c1-3-5-6-12-8(4-2)11(9)7-10-12/h7-8H,3-6H2,1-2H3. The molecule has 0 aromatic carbocycles. The van der Waals surface area contributed by atoms with Crippen molar-refractivity contribution in [3.8, 4) is 0 Å². The molecule has 0 aliphatic carbocycles.